The van der Waals surface area contributed by atoms with Crippen LogP contribution in [0.25, 0.3) is 27.9 Å². The van der Waals surface area contributed by atoms with Gasteiger partial charge in [0, 0.05) is 42.5 Å². The van der Waals surface area contributed by atoms with Gasteiger partial charge in [0.25, 0.3) is 5.91 Å². The summed E-state index contributed by atoms with van der Waals surface area (Å²) in [4.78, 5) is 22.3. The van der Waals surface area contributed by atoms with E-state index in [-0.39, 0.29) is 11.9 Å². The molecule has 4 aromatic rings. The zero-order valence-electron chi connectivity index (χ0n) is 17.1. The molecule has 2 fully saturated rings. The first-order valence-corrected chi connectivity index (χ1v) is 10.7. The van der Waals surface area contributed by atoms with Crippen LogP contribution in [0.3, 0.4) is 0 Å². The minimum Gasteiger partial charge on any atom is -0.391 e. The predicted octanol–water partition coefficient (Wildman–Crippen LogP) is 2.38. The third-order valence-corrected chi connectivity index (χ3v) is 6.33. The summed E-state index contributed by atoms with van der Waals surface area (Å²) in [6.45, 7) is 0. The quantitative estimate of drug-likeness (QED) is 0.460. The highest BCUT2D eigenvalue weighted by Crippen LogP contribution is 2.40. The molecule has 2 unspecified atom stereocenters. The number of nitrogens with one attached hydrogen (secondary N) is 2. The monoisotopic (exact) mass is 417 g/mol. The molecule has 0 aromatic carbocycles. The van der Waals surface area contributed by atoms with Gasteiger partial charge in [0.05, 0.1) is 24.0 Å². The summed E-state index contributed by atoms with van der Waals surface area (Å²) < 4.78 is 3.87. The summed E-state index contributed by atoms with van der Waals surface area (Å²) in [5.74, 6) is 0.464. The number of anilines is 1. The number of hydrogen-bond acceptors (Lipinski definition) is 6. The van der Waals surface area contributed by atoms with Crippen LogP contribution in [0, 0.1) is 0 Å². The molecule has 2 aliphatic rings. The topological polar surface area (TPSA) is 109 Å². The first kappa shape index (κ1) is 18.3. The molecular formula is C22H23N7O2. The summed E-state index contributed by atoms with van der Waals surface area (Å²) in [6.07, 6.45) is 8.79. The van der Waals surface area contributed by atoms with Gasteiger partial charge in [-0.25, -0.2) is 9.97 Å². The maximum Gasteiger partial charge on any atom is 0.257 e. The van der Waals surface area contributed by atoms with E-state index >= 15 is 0 Å². The Morgan fingerprint density at radius 3 is 2.81 bits per heavy atom. The molecule has 158 valence electrons. The molecule has 6 rings (SSSR count). The Morgan fingerprint density at radius 1 is 1.23 bits per heavy atom. The van der Waals surface area contributed by atoms with Crippen LogP contribution in [0.1, 0.15) is 42.1 Å². The van der Waals surface area contributed by atoms with Crippen LogP contribution in [0.5, 0.6) is 0 Å². The maximum absolute atomic E-state index is 12.9. The van der Waals surface area contributed by atoms with Gasteiger partial charge in [0.15, 0.2) is 5.65 Å². The summed E-state index contributed by atoms with van der Waals surface area (Å²) in [6, 6.07) is 6.21. The number of aromatic nitrogens is 5. The number of hydrogen-bond donors (Lipinski definition) is 3. The van der Waals surface area contributed by atoms with Gasteiger partial charge in [0.2, 0.25) is 0 Å². The predicted molar refractivity (Wildman–Crippen MR) is 116 cm³/mol. The van der Waals surface area contributed by atoms with E-state index in [1.165, 1.54) is 6.20 Å². The smallest absolute Gasteiger partial charge is 0.257 e. The molecule has 4 aromatic heterocycles. The summed E-state index contributed by atoms with van der Waals surface area (Å²) in [5.41, 5.74) is 3.56. The van der Waals surface area contributed by atoms with Crippen LogP contribution in [-0.4, -0.2) is 54.4 Å². The van der Waals surface area contributed by atoms with Crippen molar-refractivity contribution < 1.29 is 9.90 Å². The van der Waals surface area contributed by atoms with Gasteiger partial charge in [-0.3, -0.25) is 4.79 Å². The lowest BCUT2D eigenvalue weighted by Gasteiger charge is -2.32. The molecule has 4 heterocycles. The molecule has 3 N–H and O–H groups in total. The van der Waals surface area contributed by atoms with E-state index in [0.29, 0.717) is 23.7 Å². The summed E-state index contributed by atoms with van der Waals surface area (Å²) in [7, 11) is 1.82. The van der Waals surface area contributed by atoms with Gasteiger partial charge in [-0.15, -0.1) is 0 Å². The highest BCUT2D eigenvalue weighted by Gasteiger charge is 2.31. The molecule has 0 bridgehead atoms. The lowest BCUT2D eigenvalue weighted by atomic mass is 9.89. The average molecular weight is 417 g/mol. The van der Waals surface area contributed by atoms with Gasteiger partial charge in [-0.1, -0.05) is 0 Å². The number of carbonyl (C=O) groups excluding carboxylic acids is 1. The fourth-order valence-electron chi connectivity index (χ4n) is 4.25. The van der Waals surface area contributed by atoms with Gasteiger partial charge in [-0.05, 0) is 37.8 Å². The first-order valence-electron chi connectivity index (χ1n) is 10.7. The van der Waals surface area contributed by atoms with E-state index in [2.05, 4.69) is 37.5 Å². The molecular weight excluding hydrogens is 394 g/mol. The van der Waals surface area contributed by atoms with Crippen LogP contribution in [0.15, 0.2) is 36.8 Å². The highest BCUT2D eigenvalue weighted by atomic mass is 16.3. The van der Waals surface area contributed by atoms with Crippen LogP contribution in [0.2, 0.25) is 0 Å². The largest absolute Gasteiger partial charge is 0.391 e. The number of fused-ring (bicyclic) bond motifs is 2. The zero-order chi connectivity index (χ0) is 21.1. The zero-order valence-corrected chi connectivity index (χ0v) is 17.1. The lowest BCUT2D eigenvalue weighted by molar-refractivity contribution is 0.0448. The van der Waals surface area contributed by atoms with E-state index in [0.717, 1.165) is 47.4 Å². The van der Waals surface area contributed by atoms with Crippen molar-refractivity contribution >= 4 is 28.4 Å². The van der Waals surface area contributed by atoms with Gasteiger partial charge in [0.1, 0.15) is 17.0 Å². The molecule has 1 amide bonds. The Bertz CT molecular complexity index is 1320. The fraction of sp³-hybridized carbons (Fsp3) is 0.364. The molecule has 2 aliphatic carbocycles. The van der Waals surface area contributed by atoms with Crippen LogP contribution in [-0.2, 0) is 0 Å². The Labute approximate surface area is 178 Å². The Morgan fingerprint density at radius 2 is 2.10 bits per heavy atom. The molecule has 0 aliphatic heterocycles. The van der Waals surface area contributed by atoms with E-state index in [4.69, 9.17) is 4.98 Å². The van der Waals surface area contributed by atoms with Crippen molar-refractivity contribution in [3.63, 3.8) is 0 Å². The second-order valence-corrected chi connectivity index (χ2v) is 8.35. The third kappa shape index (κ3) is 2.88. The van der Waals surface area contributed by atoms with Gasteiger partial charge in [-0.2, -0.15) is 9.61 Å². The lowest BCUT2D eigenvalue weighted by Crippen LogP contribution is -2.50. The van der Waals surface area contributed by atoms with E-state index in [1.54, 1.807) is 4.52 Å². The normalized spacial score (nSPS) is 20.7. The number of aliphatic hydroxyl groups is 1. The number of pyridine rings is 1. The van der Waals surface area contributed by atoms with Crippen molar-refractivity contribution in [1.29, 1.82) is 0 Å². The van der Waals surface area contributed by atoms with Crippen molar-refractivity contribution in [3.8, 4) is 11.3 Å². The number of amides is 1. The van der Waals surface area contributed by atoms with E-state index in [1.807, 2.05) is 25.4 Å². The van der Waals surface area contributed by atoms with Crippen molar-refractivity contribution in [1.82, 2.24) is 29.5 Å². The summed E-state index contributed by atoms with van der Waals surface area (Å²) >= 11 is 0. The molecule has 0 radical (unpaired) electrons. The molecule has 0 spiro atoms. The molecule has 2 saturated carbocycles. The van der Waals surface area contributed by atoms with Gasteiger partial charge >= 0.3 is 0 Å². The minimum absolute atomic E-state index is 0.211. The molecule has 2 atom stereocenters. The standard InChI is InChI=1S/C22H23N7O2/c1-23-19-9-17(15-11-28(12-4-5-12)20-13(15)3-2-8-24-20)26-21-14(10-25-29(19)21)22(31)27-16-6-7-18(16)30/h2-3,8-12,16,18,23,30H,4-7H2,1H3,(H,27,31). The second-order valence-electron chi connectivity index (χ2n) is 8.35. The fourth-order valence-corrected chi connectivity index (χ4v) is 4.25. The number of carbonyl (C=O) groups is 1. The highest BCUT2D eigenvalue weighted by molar-refractivity contribution is 6.01. The van der Waals surface area contributed by atoms with Crippen molar-refractivity contribution in [2.45, 2.75) is 43.9 Å². The van der Waals surface area contributed by atoms with E-state index < -0.39 is 6.10 Å². The SMILES string of the molecule is CNc1cc(-c2cn(C3CC3)c3ncccc23)nc2c(C(=O)NC3CCC3O)cnn12. The molecule has 0 saturated heterocycles. The minimum atomic E-state index is -0.483. The number of aliphatic hydroxyl groups excluding tert-OH is 1. The van der Waals surface area contributed by atoms with Crippen molar-refractivity contribution in [3.05, 3.63) is 42.4 Å². The maximum atomic E-state index is 12.9. The Kier molecular flexibility index (Phi) is 4.01. The third-order valence-electron chi connectivity index (χ3n) is 6.33. The molecule has 9 nitrogen and oxygen atoms in total. The van der Waals surface area contributed by atoms with Gasteiger partial charge < -0.3 is 20.3 Å². The number of rotatable bonds is 5. The first-order chi connectivity index (χ1) is 15.1. The van der Waals surface area contributed by atoms with Crippen LogP contribution in [0.4, 0.5) is 5.82 Å². The van der Waals surface area contributed by atoms with E-state index in [9.17, 15) is 9.90 Å². The van der Waals surface area contributed by atoms with Crippen LogP contribution >= 0.6 is 0 Å². The molecule has 31 heavy (non-hydrogen) atoms. The summed E-state index contributed by atoms with van der Waals surface area (Å²) in [5, 5.41) is 21.3. The van der Waals surface area contributed by atoms with Crippen molar-refractivity contribution in [2.24, 2.45) is 0 Å². The number of nitrogens with zero attached hydrogens (tertiary/aromatic N) is 5. The Balaban J connectivity index is 1.49. The second kappa shape index (κ2) is 6.78. The van der Waals surface area contributed by atoms with Crippen molar-refractivity contribution in [2.75, 3.05) is 12.4 Å². The average Bonchev–Trinajstić information content (AvgIpc) is 3.43. The molecule has 9 heteroatoms. The Hall–Kier alpha value is -3.46. The van der Waals surface area contributed by atoms with Crippen LogP contribution < -0.4 is 10.6 Å².